The fourth-order valence-electron chi connectivity index (χ4n) is 0.518. The molecule has 0 atom stereocenters. The summed E-state index contributed by atoms with van der Waals surface area (Å²) in [5.41, 5.74) is 0. The van der Waals surface area contributed by atoms with Crippen molar-refractivity contribution in [3.8, 4) is 0 Å². The lowest BCUT2D eigenvalue weighted by Crippen LogP contribution is -2.17. The predicted molar refractivity (Wildman–Crippen MR) is 56.8 cm³/mol. The van der Waals surface area contributed by atoms with Crippen LogP contribution >= 0.6 is 0 Å². The van der Waals surface area contributed by atoms with Gasteiger partial charge in [0.15, 0.2) is 0 Å². The van der Waals surface area contributed by atoms with Crippen LogP contribution in [0.25, 0.3) is 0 Å². The maximum Gasteiger partial charge on any atom is 0.318 e. The maximum absolute atomic E-state index is 5.20. The van der Waals surface area contributed by atoms with Crippen molar-refractivity contribution in [3.63, 3.8) is 0 Å². The van der Waals surface area contributed by atoms with Gasteiger partial charge in [-0.05, 0) is 26.8 Å². The summed E-state index contributed by atoms with van der Waals surface area (Å²) in [6, 6.07) is 0. The molecular weight excluding hydrogens is 168 g/mol. The van der Waals surface area contributed by atoms with Gasteiger partial charge in [0.25, 0.3) is 0 Å². The van der Waals surface area contributed by atoms with Crippen LogP contribution in [-0.4, -0.2) is 22.5 Å². The van der Waals surface area contributed by atoms with E-state index in [1.165, 1.54) is 0 Å². The van der Waals surface area contributed by atoms with Crippen molar-refractivity contribution in [1.82, 2.24) is 0 Å². The van der Waals surface area contributed by atoms with Gasteiger partial charge in [-0.1, -0.05) is 13.0 Å². The summed E-state index contributed by atoms with van der Waals surface area (Å²) < 4.78 is 10.4. The van der Waals surface area contributed by atoms with Crippen LogP contribution in [0.15, 0.2) is 12.7 Å². The van der Waals surface area contributed by atoms with Crippen LogP contribution in [0.1, 0.15) is 27.2 Å². The minimum absolute atomic E-state index is 0.785. The summed E-state index contributed by atoms with van der Waals surface area (Å²) in [5, 5.41) is 0. The van der Waals surface area contributed by atoms with E-state index in [0.717, 1.165) is 19.6 Å². The van der Waals surface area contributed by atoms with Crippen molar-refractivity contribution < 1.29 is 8.85 Å². The third-order valence-electron chi connectivity index (χ3n) is 1.09. The van der Waals surface area contributed by atoms with Gasteiger partial charge in [-0.25, -0.2) is 0 Å². The van der Waals surface area contributed by atoms with Gasteiger partial charge in [-0.3, -0.25) is 0 Å². The molecule has 12 heavy (non-hydrogen) atoms. The van der Waals surface area contributed by atoms with Crippen molar-refractivity contribution in [3.05, 3.63) is 12.7 Å². The molecule has 0 unspecified atom stereocenters. The second-order valence-electron chi connectivity index (χ2n) is 2.18. The van der Waals surface area contributed by atoms with E-state index in [-0.39, 0.29) is 0 Å². The van der Waals surface area contributed by atoms with Crippen LogP contribution in [0, 0.1) is 0 Å². The molecular formula is C9H22O2Si. The minimum atomic E-state index is -1.20. The minimum Gasteiger partial charge on any atom is -0.397 e. The van der Waals surface area contributed by atoms with Crippen molar-refractivity contribution in [2.24, 2.45) is 0 Å². The zero-order valence-electron chi connectivity index (χ0n) is 8.80. The first-order valence-corrected chi connectivity index (χ1v) is 6.66. The van der Waals surface area contributed by atoms with Crippen molar-refractivity contribution in [2.75, 3.05) is 13.2 Å². The Labute approximate surface area is 78.4 Å². The van der Waals surface area contributed by atoms with Gasteiger partial charge in [-0.15, -0.1) is 6.58 Å². The van der Waals surface area contributed by atoms with Gasteiger partial charge in [0.1, 0.15) is 0 Å². The van der Waals surface area contributed by atoms with Crippen LogP contribution in [0.2, 0.25) is 6.55 Å². The van der Waals surface area contributed by atoms with E-state index in [0.29, 0.717) is 0 Å². The highest BCUT2D eigenvalue weighted by atomic mass is 28.3. The second-order valence-corrected chi connectivity index (χ2v) is 3.98. The summed E-state index contributed by atoms with van der Waals surface area (Å²) >= 11 is 0. The molecule has 74 valence electrons. The average Bonchev–Trinajstić information content (AvgIpc) is 2.06. The molecule has 0 aromatic carbocycles. The van der Waals surface area contributed by atoms with E-state index < -0.39 is 9.28 Å². The van der Waals surface area contributed by atoms with E-state index in [4.69, 9.17) is 8.85 Å². The summed E-state index contributed by atoms with van der Waals surface area (Å²) in [4.78, 5) is 0. The molecule has 0 rings (SSSR count). The lowest BCUT2D eigenvalue weighted by atomic mass is 10.5. The Morgan fingerprint density at radius 3 is 1.67 bits per heavy atom. The first-order chi connectivity index (χ1) is 5.72. The third kappa shape index (κ3) is 16.5. The molecule has 0 saturated carbocycles. The van der Waals surface area contributed by atoms with E-state index in [1.54, 1.807) is 0 Å². The van der Waals surface area contributed by atoms with E-state index in [1.807, 2.05) is 26.5 Å². The van der Waals surface area contributed by atoms with Crippen LogP contribution in [-0.2, 0) is 8.85 Å². The molecule has 0 aromatic rings. The number of rotatable bonds is 5. The van der Waals surface area contributed by atoms with Crippen molar-refractivity contribution >= 4 is 9.28 Å². The predicted octanol–water partition coefficient (Wildman–Crippen LogP) is 2.49. The standard InChI is InChI=1S/C5H14O2Si.C4H8/c1-4-6-8(3)7-5-2;1-3-4-2/h8H,4-5H2,1-3H3;3H,1,4H2,2H3. The quantitative estimate of drug-likeness (QED) is 0.490. The molecule has 0 saturated heterocycles. The Hall–Kier alpha value is -0.123. The van der Waals surface area contributed by atoms with Crippen LogP contribution in [0.3, 0.4) is 0 Å². The molecule has 0 heterocycles. The van der Waals surface area contributed by atoms with Gasteiger partial charge < -0.3 is 8.85 Å². The Bertz CT molecular complexity index is 80.6. The van der Waals surface area contributed by atoms with Gasteiger partial charge in [0.2, 0.25) is 0 Å². The van der Waals surface area contributed by atoms with E-state index in [9.17, 15) is 0 Å². The number of hydrogen-bond donors (Lipinski definition) is 0. The van der Waals surface area contributed by atoms with Gasteiger partial charge in [0, 0.05) is 13.2 Å². The van der Waals surface area contributed by atoms with Crippen LogP contribution in [0.5, 0.6) is 0 Å². The molecule has 0 radical (unpaired) electrons. The molecule has 0 aliphatic heterocycles. The van der Waals surface area contributed by atoms with E-state index in [2.05, 4.69) is 13.5 Å². The Balaban J connectivity index is 0. The summed E-state index contributed by atoms with van der Waals surface area (Å²) in [5.74, 6) is 0. The number of hydrogen-bond acceptors (Lipinski definition) is 2. The molecule has 0 bridgehead atoms. The monoisotopic (exact) mass is 190 g/mol. The topological polar surface area (TPSA) is 18.5 Å². The SMILES string of the molecule is C=CCC.CCO[SiH](C)OCC. The Morgan fingerprint density at radius 1 is 1.17 bits per heavy atom. The lowest BCUT2D eigenvalue weighted by molar-refractivity contribution is 0.219. The molecule has 2 nitrogen and oxygen atoms in total. The molecule has 0 spiro atoms. The number of allylic oxidation sites excluding steroid dienone is 1. The Kier molecular flexibility index (Phi) is 16.2. The molecule has 0 N–H and O–H groups in total. The van der Waals surface area contributed by atoms with E-state index >= 15 is 0 Å². The first-order valence-electron chi connectivity index (χ1n) is 4.56. The molecule has 0 aliphatic carbocycles. The van der Waals surface area contributed by atoms with Crippen LogP contribution < -0.4 is 0 Å². The fraction of sp³-hybridized carbons (Fsp3) is 0.778. The van der Waals surface area contributed by atoms with Gasteiger partial charge in [0.05, 0.1) is 0 Å². The molecule has 0 aromatic heterocycles. The Morgan fingerprint density at radius 2 is 1.50 bits per heavy atom. The highest BCUT2D eigenvalue weighted by Gasteiger charge is 1.99. The highest BCUT2D eigenvalue weighted by Crippen LogP contribution is 1.85. The maximum atomic E-state index is 5.20. The molecule has 3 heteroatoms. The molecule has 0 amide bonds. The zero-order valence-corrected chi connectivity index (χ0v) is 9.95. The summed E-state index contributed by atoms with van der Waals surface area (Å²) in [6.07, 6.45) is 2.96. The third-order valence-corrected chi connectivity index (χ3v) is 2.70. The van der Waals surface area contributed by atoms with Crippen molar-refractivity contribution in [2.45, 2.75) is 33.7 Å². The average molecular weight is 190 g/mol. The first kappa shape index (κ1) is 14.4. The van der Waals surface area contributed by atoms with Crippen LogP contribution in [0.4, 0.5) is 0 Å². The zero-order chi connectivity index (χ0) is 9.82. The van der Waals surface area contributed by atoms with Gasteiger partial charge in [-0.2, -0.15) is 0 Å². The normalized spacial score (nSPS) is 9.08. The van der Waals surface area contributed by atoms with Crippen molar-refractivity contribution in [1.29, 1.82) is 0 Å². The van der Waals surface area contributed by atoms with Gasteiger partial charge >= 0.3 is 9.28 Å². The second kappa shape index (κ2) is 13.5. The lowest BCUT2D eigenvalue weighted by Gasteiger charge is -2.07. The summed E-state index contributed by atoms with van der Waals surface area (Å²) in [7, 11) is -1.20. The summed E-state index contributed by atoms with van der Waals surface area (Å²) in [6.45, 7) is 13.1. The fourth-order valence-corrected chi connectivity index (χ4v) is 1.55. The molecule has 0 aliphatic rings. The largest absolute Gasteiger partial charge is 0.397 e. The highest BCUT2D eigenvalue weighted by molar-refractivity contribution is 6.42. The molecule has 0 fully saturated rings. The smallest absolute Gasteiger partial charge is 0.318 e.